The number of pyridine rings is 1. The summed E-state index contributed by atoms with van der Waals surface area (Å²) in [6, 6.07) is 21.2. The third-order valence-electron chi connectivity index (χ3n) is 5.31. The van der Waals surface area contributed by atoms with Crippen LogP contribution in [0.5, 0.6) is 0 Å². The molecule has 29 heavy (non-hydrogen) atoms. The molecule has 1 atom stereocenters. The lowest BCUT2D eigenvalue weighted by molar-refractivity contribution is 0.0903. The number of aromatic nitrogens is 1. The highest BCUT2D eigenvalue weighted by atomic mass is 16.3. The molecule has 2 aromatic carbocycles. The highest BCUT2D eigenvalue weighted by Crippen LogP contribution is 2.20. The molecule has 1 N–H and O–H groups in total. The Morgan fingerprint density at radius 3 is 2.45 bits per heavy atom. The largest absolute Gasteiger partial charge is 0.390 e. The molecular weight excluding hydrogens is 362 g/mol. The van der Waals surface area contributed by atoms with Crippen LogP contribution in [-0.2, 0) is 13.0 Å². The monoisotopic (exact) mass is 387 g/mol. The van der Waals surface area contributed by atoms with Crippen LogP contribution in [0.2, 0.25) is 0 Å². The van der Waals surface area contributed by atoms with Crippen molar-refractivity contribution in [2.24, 2.45) is 0 Å². The number of carbonyl (C=O) groups excluding carboxylic acids is 1. The predicted octanol–water partition coefficient (Wildman–Crippen LogP) is 3.15. The van der Waals surface area contributed by atoms with Crippen LogP contribution in [0, 0.1) is 0 Å². The van der Waals surface area contributed by atoms with Gasteiger partial charge in [0.2, 0.25) is 0 Å². The van der Waals surface area contributed by atoms with Gasteiger partial charge in [0.05, 0.1) is 12.6 Å². The van der Waals surface area contributed by atoms with Crippen molar-refractivity contribution in [2.45, 2.75) is 19.1 Å². The van der Waals surface area contributed by atoms with Gasteiger partial charge < -0.3 is 10.0 Å². The Morgan fingerprint density at radius 1 is 1.00 bits per heavy atom. The third-order valence-corrected chi connectivity index (χ3v) is 5.31. The molecule has 0 spiro atoms. The van der Waals surface area contributed by atoms with Gasteiger partial charge >= 0.3 is 0 Å². The molecule has 0 saturated heterocycles. The molecule has 2 heterocycles. The number of amides is 1. The van der Waals surface area contributed by atoms with E-state index in [2.05, 4.69) is 34.1 Å². The summed E-state index contributed by atoms with van der Waals surface area (Å²) in [6.45, 7) is 2.50. The number of rotatable bonds is 6. The quantitative estimate of drug-likeness (QED) is 0.706. The van der Waals surface area contributed by atoms with E-state index in [9.17, 15) is 9.90 Å². The van der Waals surface area contributed by atoms with Crippen molar-refractivity contribution in [2.75, 3.05) is 24.5 Å². The zero-order valence-electron chi connectivity index (χ0n) is 16.3. The maximum absolute atomic E-state index is 13.1. The second-order valence-electron chi connectivity index (χ2n) is 7.39. The maximum atomic E-state index is 13.1. The first kappa shape index (κ1) is 19.3. The van der Waals surface area contributed by atoms with Crippen LogP contribution < -0.4 is 4.90 Å². The van der Waals surface area contributed by atoms with E-state index in [0.717, 1.165) is 25.2 Å². The Hall–Kier alpha value is -3.02. The zero-order valence-corrected chi connectivity index (χ0v) is 16.3. The molecule has 0 bridgehead atoms. The smallest absolute Gasteiger partial charge is 0.258 e. The summed E-state index contributed by atoms with van der Waals surface area (Å²) >= 11 is 0. The summed E-state index contributed by atoms with van der Waals surface area (Å²) in [4.78, 5) is 21.1. The van der Waals surface area contributed by atoms with Gasteiger partial charge in [-0.2, -0.15) is 0 Å². The summed E-state index contributed by atoms with van der Waals surface area (Å²) in [6.07, 6.45) is 3.66. The number of carbonyl (C=O) groups is 1. The van der Waals surface area contributed by atoms with Gasteiger partial charge in [0.15, 0.2) is 0 Å². The van der Waals surface area contributed by atoms with Crippen molar-refractivity contribution < 1.29 is 9.90 Å². The second kappa shape index (κ2) is 8.99. The average molecular weight is 387 g/mol. The van der Waals surface area contributed by atoms with Crippen LogP contribution in [0.4, 0.5) is 5.69 Å². The van der Waals surface area contributed by atoms with Crippen LogP contribution in [0.1, 0.15) is 21.5 Å². The van der Waals surface area contributed by atoms with Gasteiger partial charge in [-0.1, -0.05) is 42.5 Å². The number of fused-ring (bicyclic) bond motifs is 1. The third kappa shape index (κ3) is 4.70. The molecule has 0 aliphatic carbocycles. The first-order valence-corrected chi connectivity index (χ1v) is 9.95. The number of aliphatic hydroxyl groups excluding tert-OH is 1. The van der Waals surface area contributed by atoms with Gasteiger partial charge in [0.1, 0.15) is 0 Å². The minimum absolute atomic E-state index is 0.125. The van der Waals surface area contributed by atoms with E-state index in [-0.39, 0.29) is 12.5 Å². The topological polar surface area (TPSA) is 56.7 Å². The lowest BCUT2D eigenvalue weighted by Crippen LogP contribution is -2.44. The van der Waals surface area contributed by atoms with E-state index in [4.69, 9.17) is 0 Å². The summed E-state index contributed by atoms with van der Waals surface area (Å²) in [5.74, 6) is -0.125. The van der Waals surface area contributed by atoms with Gasteiger partial charge in [-0.05, 0) is 41.8 Å². The van der Waals surface area contributed by atoms with Gasteiger partial charge in [-0.25, -0.2) is 0 Å². The molecule has 4 rings (SSSR count). The number of nitrogens with zero attached hydrogens (tertiary/aromatic N) is 3. The maximum Gasteiger partial charge on any atom is 0.258 e. The highest BCUT2D eigenvalue weighted by Gasteiger charge is 2.24. The number of β-amino-alcohol motifs (C(OH)–C–C–N with tert-alkyl or cyclic N) is 1. The summed E-state index contributed by atoms with van der Waals surface area (Å²) in [5.41, 5.74) is 4.04. The van der Waals surface area contributed by atoms with Crippen molar-refractivity contribution in [1.82, 2.24) is 9.88 Å². The van der Waals surface area contributed by atoms with E-state index < -0.39 is 6.10 Å². The van der Waals surface area contributed by atoms with Crippen LogP contribution in [0.15, 0.2) is 79.1 Å². The van der Waals surface area contributed by atoms with Crippen LogP contribution in [-0.4, -0.2) is 46.6 Å². The Balaban J connectivity index is 1.47. The summed E-state index contributed by atoms with van der Waals surface area (Å²) in [5, 5.41) is 10.8. The summed E-state index contributed by atoms with van der Waals surface area (Å²) < 4.78 is 0. The number of anilines is 1. The number of aliphatic hydroxyl groups is 1. The molecule has 0 radical (unpaired) electrons. The molecule has 5 heteroatoms. The molecule has 1 amide bonds. The predicted molar refractivity (Wildman–Crippen MR) is 114 cm³/mol. The van der Waals surface area contributed by atoms with Crippen molar-refractivity contribution in [3.05, 3.63) is 95.8 Å². The number of benzene rings is 2. The van der Waals surface area contributed by atoms with Gasteiger partial charge in [0.25, 0.3) is 5.91 Å². The minimum atomic E-state index is -0.652. The molecule has 1 aromatic heterocycles. The lowest BCUT2D eigenvalue weighted by Gasteiger charge is -2.32. The van der Waals surface area contributed by atoms with Crippen LogP contribution >= 0.6 is 0 Å². The van der Waals surface area contributed by atoms with E-state index in [0.29, 0.717) is 12.1 Å². The minimum Gasteiger partial charge on any atom is -0.390 e. The van der Waals surface area contributed by atoms with Crippen molar-refractivity contribution in [3.8, 4) is 0 Å². The normalized spacial score (nSPS) is 14.8. The highest BCUT2D eigenvalue weighted by molar-refractivity contribution is 6.06. The number of hydrogen-bond donors (Lipinski definition) is 1. The first-order valence-electron chi connectivity index (χ1n) is 9.95. The standard InChI is InChI=1S/C24H25N3O2/c28-23(17-26-15-12-19-6-4-5-9-21(19)16-26)18-27(22-10-13-25-14-11-22)24(29)20-7-2-1-3-8-20/h1-11,13-14,23,28H,12,15-18H2. The molecule has 5 nitrogen and oxygen atoms in total. The SMILES string of the molecule is O=C(c1ccccc1)N(CC(O)CN1CCc2ccccc2C1)c1ccncc1. The van der Waals surface area contributed by atoms with Gasteiger partial charge in [-0.15, -0.1) is 0 Å². The molecule has 1 aliphatic heterocycles. The zero-order chi connectivity index (χ0) is 20.1. The second-order valence-corrected chi connectivity index (χ2v) is 7.39. The van der Waals surface area contributed by atoms with Gasteiger partial charge in [0, 0.05) is 43.3 Å². The Bertz CT molecular complexity index is 947. The first-order chi connectivity index (χ1) is 14.2. The molecule has 1 aliphatic rings. The molecule has 0 fully saturated rings. The molecule has 3 aromatic rings. The molecule has 148 valence electrons. The van der Waals surface area contributed by atoms with Crippen LogP contribution in [0.25, 0.3) is 0 Å². The van der Waals surface area contributed by atoms with E-state index in [1.54, 1.807) is 41.6 Å². The van der Waals surface area contributed by atoms with Crippen molar-refractivity contribution in [3.63, 3.8) is 0 Å². The molecule has 1 unspecified atom stereocenters. The fraction of sp³-hybridized carbons (Fsp3) is 0.250. The fourth-order valence-corrected chi connectivity index (χ4v) is 3.84. The number of hydrogen-bond acceptors (Lipinski definition) is 4. The van der Waals surface area contributed by atoms with E-state index in [1.807, 2.05) is 18.2 Å². The van der Waals surface area contributed by atoms with Gasteiger partial charge in [-0.3, -0.25) is 14.7 Å². The van der Waals surface area contributed by atoms with Crippen molar-refractivity contribution >= 4 is 11.6 Å². The molecular formula is C24H25N3O2. The summed E-state index contributed by atoms with van der Waals surface area (Å²) in [7, 11) is 0. The van der Waals surface area contributed by atoms with E-state index >= 15 is 0 Å². The Morgan fingerprint density at radius 2 is 1.69 bits per heavy atom. The lowest BCUT2D eigenvalue weighted by atomic mass is 10.00. The molecule has 0 saturated carbocycles. The van der Waals surface area contributed by atoms with E-state index in [1.165, 1.54) is 11.1 Å². The average Bonchev–Trinajstić information content (AvgIpc) is 2.78. The van der Waals surface area contributed by atoms with Crippen molar-refractivity contribution in [1.29, 1.82) is 0 Å². The Labute approximate surface area is 171 Å². The fourth-order valence-electron chi connectivity index (χ4n) is 3.84. The van der Waals surface area contributed by atoms with Crippen LogP contribution in [0.3, 0.4) is 0 Å². The Kier molecular flexibility index (Phi) is 5.98.